The van der Waals surface area contributed by atoms with Crippen molar-refractivity contribution in [2.75, 3.05) is 36.0 Å². The first kappa shape index (κ1) is 12.9. The molecule has 1 aromatic heterocycles. The van der Waals surface area contributed by atoms with Gasteiger partial charge in [0.1, 0.15) is 0 Å². The van der Waals surface area contributed by atoms with Gasteiger partial charge in [0.15, 0.2) is 0 Å². The number of anilines is 2. The van der Waals surface area contributed by atoms with Crippen molar-refractivity contribution in [2.45, 2.75) is 6.54 Å². The van der Waals surface area contributed by atoms with E-state index in [1.165, 1.54) is 16.9 Å². The molecule has 1 aromatic carbocycles. The molecule has 4 nitrogen and oxygen atoms in total. The topological polar surface area (TPSA) is 45.4 Å². The number of benzene rings is 1. The summed E-state index contributed by atoms with van der Waals surface area (Å²) in [5.74, 6) is 0. The lowest BCUT2D eigenvalue weighted by molar-refractivity contribution is 0.650. The minimum Gasteiger partial charge on any atom is -0.368 e. The number of aromatic nitrogens is 1. The van der Waals surface area contributed by atoms with Crippen LogP contribution in [0.3, 0.4) is 0 Å². The molecule has 0 spiro atoms. The summed E-state index contributed by atoms with van der Waals surface area (Å²) in [6.45, 7) is 4.64. The lowest BCUT2D eigenvalue weighted by atomic mass is 10.1. The van der Waals surface area contributed by atoms with E-state index in [1.54, 1.807) is 0 Å². The van der Waals surface area contributed by atoms with Crippen LogP contribution in [0, 0.1) is 0 Å². The van der Waals surface area contributed by atoms with Crippen molar-refractivity contribution in [1.82, 2.24) is 4.98 Å². The summed E-state index contributed by atoms with van der Waals surface area (Å²) in [5, 5.41) is 0. The fourth-order valence-electron chi connectivity index (χ4n) is 2.72. The predicted octanol–water partition coefficient (Wildman–Crippen LogP) is 1.87. The predicted molar refractivity (Wildman–Crippen MR) is 83.0 cm³/mol. The van der Waals surface area contributed by atoms with Gasteiger partial charge in [-0.2, -0.15) is 0 Å². The Labute approximate surface area is 119 Å². The van der Waals surface area contributed by atoms with Gasteiger partial charge in [-0.25, -0.2) is 0 Å². The fraction of sp³-hybridized carbons (Fsp3) is 0.312. The van der Waals surface area contributed by atoms with Gasteiger partial charge in [-0.05, 0) is 23.8 Å². The minimum atomic E-state index is 0.566. The molecule has 2 N–H and O–H groups in total. The number of hydrogen-bond acceptors (Lipinski definition) is 4. The summed E-state index contributed by atoms with van der Waals surface area (Å²) in [6.07, 6.45) is 3.74. The number of piperazine rings is 1. The van der Waals surface area contributed by atoms with Gasteiger partial charge in [0.25, 0.3) is 0 Å². The first-order valence-corrected chi connectivity index (χ1v) is 7.06. The molecule has 1 aliphatic rings. The highest BCUT2D eigenvalue weighted by Gasteiger charge is 2.19. The van der Waals surface area contributed by atoms with Gasteiger partial charge in [0.2, 0.25) is 0 Å². The zero-order valence-corrected chi connectivity index (χ0v) is 11.6. The molecule has 0 amide bonds. The number of rotatable bonds is 3. The van der Waals surface area contributed by atoms with Crippen LogP contribution in [0.25, 0.3) is 0 Å². The smallest absolute Gasteiger partial charge is 0.0599 e. The lowest BCUT2D eigenvalue weighted by Gasteiger charge is -2.37. The SMILES string of the molecule is NCc1ccncc1N1CCN(c2ccccc2)CC1. The van der Waals surface area contributed by atoms with E-state index in [2.05, 4.69) is 45.1 Å². The summed E-state index contributed by atoms with van der Waals surface area (Å²) in [5.41, 5.74) is 9.47. The van der Waals surface area contributed by atoms with E-state index in [0.29, 0.717) is 6.54 Å². The van der Waals surface area contributed by atoms with Gasteiger partial charge >= 0.3 is 0 Å². The number of para-hydroxylation sites is 1. The maximum Gasteiger partial charge on any atom is 0.0599 e. The highest BCUT2D eigenvalue weighted by molar-refractivity contribution is 5.54. The maximum absolute atomic E-state index is 5.81. The zero-order chi connectivity index (χ0) is 13.8. The maximum atomic E-state index is 5.81. The van der Waals surface area contributed by atoms with E-state index >= 15 is 0 Å². The third-order valence-electron chi connectivity index (χ3n) is 3.85. The molecule has 0 saturated carbocycles. The van der Waals surface area contributed by atoms with Gasteiger partial charge in [0.05, 0.1) is 11.9 Å². The molecule has 0 unspecified atom stereocenters. The Morgan fingerprint density at radius 3 is 2.35 bits per heavy atom. The van der Waals surface area contributed by atoms with Gasteiger partial charge in [-0.15, -0.1) is 0 Å². The Morgan fingerprint density at radius 1 is 0.950 bits per heavy atom. The molecule has 0 radical (unpaired) electrons. The Bertz CT molecular complexity index is 547. The Balaban J connectivity index is 1.70. The molecule has 1 fully saturated rings. The van der Waals surface area contributed by atoms with Crippen LogP contribution in [0.4, 0.5) is 11.4 Å². The van der Waals surface area contributed by atoms with E-state index < -0.39 is 0 Å². The van der Waals surface area contributed by atoms with Crippen molar-refractivity contribution in [3.05, 3.63) is 54.4 Å². The monoisotopic (exact) mass is 268 g/mol. The van der Waals surface area contributed by atoms with Crippen molar-refractivity contribution in [3.63, 3.8) is 0 Å². The zero-order valence-electron chi connectivity index (χ0n) is 11.6. The second-order valence-electron chi connectivity index (χ2n) is 5.02. The highest BCUT2D eigenvalue weighted by atomic mass is 15.3. The molecule has 3 rings (SSSR count). The standard InChI is InChI=1S/C16H20N4/c17-12-14-6-7-18-13-16(14)20-10-8-19(9-11-20)15-4-2-1-3-5-15/h1-7,13H,8-12,17H2. The third kappa shape index (κ3) is 2.60. The molecule has 2 heterocycles. The van der Waals surface area contributed by atoms with E-state index in [1.807, 2.05) is 18.5 Å². The fourth-order valence-corrected chi connectivity index (χ4v) is 2.72. The largest absolute Gasteiger partial charge is 0.368 e. The van der Waals surface area contributed by atoms with Crippen LogP contribution in [0.2, 0.25) is 0 Å². The van der Waals surface area contributed by atoms with E-state index in [-0.39, 0.29) is 0 Å². The summed E-state index contributed by atoms with van der Waals surface area (Å²) in [6, 6.07) is 12.6. The summed E-state index contributed by atoms with van der Waals surface area (Å²) in [7, 11) is 0. The quantitative estimate of drug-likeness (QED) is 0.923. The molecule has 0 aliphatic carbocycles. The Hall–Kier alpha value is -2.07. The second kappa shape index (κ2) is 5.92. The van der Waals surface area contributed by atoms with Crippen LogP contribution in [0.1, 0.15) is 5.56 Å². The van der Waals surface area contributed by atoms with Gasteiger partial charge in [0, 0.05) is 44.6 Å². The Kier molecular flexibility index (Phi) is 3.83. The molecule has 104 valence electrons. The first-order valence-electron chi connectivity index (χ1n) is 7.06. The molecule has 1 aliphatic heterocycles. The van der Waals surface area contributed by atoms with E-state index in [0.717, 1.165) is 26.2 Å². The van der Waals surface area contributed by atoms with Crippen molar-refractivity contribution in [1.29, 1.82) is 0 Å². The van der Waals surface area contributed by atoms with Crippen LogP contribution in [-0.4, -0.2) is 31.2 Å². The van der Waals surface area contributed by atoms with Gasteiger partial charge in [-0.3, -0.25) is 4.98 Å². The average molecular weight is 268 g/mol. The molecule has 0 bridgehead atoms. The van der Waals surface area contributed by atoms with E-state index in [9.17, 15) is 0 Å². The van der Waals surface area contributed by atoms with E-state index in [4.69, 9.17) is 5.73 Å². The second-order valence-corrected chi connectivity index (χ2v) is 5.02. The van der Waals surface area contributed by atoms with Gasteiger partial charge in [-0.1, -0.05) is 18.2 Å². The number of nitrogens with zero attached hydrogens (tertiary/aromatic N) is 3. The molecule has 2 aromatic rings. The molecular formula is C16H20N4. The van der Waals surface area contributed by atoms with Crippen molar-refractivity contribution >= 4 is 11.4 Å². The summed E-state index contributed by atoms with van der Waals surface area (Å²) >= 11 is 0. The summed E-state index contributed by atoms with van der Waals surface area (Å²) in [4.78, 5) is 9.04. The van der Waals surface area contributed by atoms with Crippen LogP contribution < -0.4 is 15.5 Å². The van der Waals surface area contributed by atoms with Gasteiger partial charge < -0.3 is 15.5 Å². The van der Waals surface area contributed by atoms with Crippen LogP contribution in [0.5, 0.6) is 0 Å². The first-order chi connectivity index (χ1) is 9.88. The normalized spacial score (nSPS) is 15.4. The number of pyridine rings is 1. The molecule has 0 atom stereocenters. The Morgan fingerprint density at radius 2 is 1.65 bits per heavy atom. The molecule has 4 heteroatoms. The van der Waals surface area contributed by atoms with Crippen LogP contribution in [0.15, 0.2) is 48.8 Å². The number of hydrogen-bond donors (Lipinski definition) is 1. The van der Waals surface area contributed by atoms with Crippen molar-refractivity contribution in [2.24, 2.45) is 5.73 Å². The van der Waals surface area contributed by atoms with Crippen molar-refractivity contribution < 1.29 is 0 Å². The molecule has 1 saturated heterocycles. The molecular weight excluding hydrogens is 248 g/mol. The summed E-state index contributed by atoms with van der Waals surface area (Å²) < 4.78 is 0. The molecule has 20 heavy (non-hydrogen) atoms. The third-order valence-corrected chi connectivity index (χ3v) is 3.85. The highest BCUT2D eigenvalue weighted by Crippen LogP contribution is 2.22. The van der Waals surface area contributed by atoms with Crippen molar-refractivity contribution in [3.8, 4) is 0 Å². The minimum absolute atomic E-state index is 0.566. The lowest BCUT2D eigenvalue weighted by Crippen LogP contribution is -2.46. The van der Waals surface area contributed by atoms with Crippen LogP contribution >= 0.6 is 0 Å². The number of nitrogens with two attached hydrogens (primary N) is 1. The average Bonchev–Trinajstić information content (AvgIpc) is 2.56. The van der Waals surface area contributed by atoms with Crippen LogP contribution in [-0.2, 0) is 6.54 Å².